The Labute approximate surface area is 138 Å². The molecule has 0 saturated heterocycles. The van der Waals surface area contributed by atoms with Crippen LogP contribution in [-0.4, -0.2) is 15.7 Å². The molecule has 23 heavy (non-hydrogen) atoms. The number of rotatable bonds is 4. The number of amides is 1. The molecule has 0 aliphatic heterocycles. The van der Waals surface area contributed by atoms with Crippen LogP contribution in [0.3, 0.4) is 0 Å². The van der Waals surface area contributed by atoms with Crippen LogP contribution in [0.1, 0.15) is 43.2 Å². The van der Waals surface area contributed by atoms with Crippen molar-refractivity contribution < 1.29 is 4.79 Å². The summed E-state index contributed by atoms with van der Waals surface area (Å²) in [5, 5.41) is 7.14. The number of hydrogen-bond acceptors (Lipinski definition) is 2. The highest BCUT2D eigenvalue weighted by Gasteiger charge is 2.12. The van der Waals surface area contributed by atoms with Crippen molar-refractivity contribution in [3.63, 3.8) is 0 Å². The standard InChI is InChI=1S/C19H25N3O/c1-14-16(13-22(5)21-14)12-20-18(23)11-8-15-6-9-17(10-7-15)19(2,3)4/h6-11,13H,12H2,1-5H3,(H,20,23). The van der Waals surface area contributed by atoms with Crippen molar-refractivity contribution in [2.24, 2.45) is 7.05 Å². The third-order valence-corrected chi connectivity index (χ3v) is 3.77. The lowest BCUT2D eigenvalue weighted by molar-refractivity contribution is -0.116. The van der Waals surface area contributed by atoms with E-state index in [9.17, 15) is 4.79 Å². The maximum atomic E-state index is 11.9. The largest absolute Gasteiger partial charge is 0.348 e. The lowest BCUT2D eigenvalue weighted by Gasteiger charge is -2.18. The molecule has 0 atom stereocenters. The van der Waals surface area contributed by atoms with E-state index in [2.05, 4.69) is 43.3 Å². The Balaban J connectivity index is 1.92. The van der Waals surface area contributed by atoms with Crippen molar-refractivity contribution in [3.8, 4) is 0 Å². The first-order valence-electron chi connectivity index (χ1n) is 7.81. The van der Waals surface area contributed by atoms with Crippen molar-refractivity contribution in [1.29, 1.82) is 0 Å². The fraction of sp³-hybridized carbons (Fsp3) is 0.368. The first kappa shape index (κ1) is 17.0. The SMILES string of the molecule is Cc1nn(C)cc1CNC(=O)C=Cc1ccc(C(C)(C)C)cc1. The second-order valence-corrected chi connectivity index (χ2v) is 6.84. The normalized spacial score (nSPS) is 11.9. The summed E-state index contributed by atoms with van der Waals surface area (Å²) in [5.74, 6) is -0.104. The maximum Gasteiger partial charge on any atom is 0.244 e. The molecule has 0 unspecified atom stereocenters. The minimum atomic E-state index is -0.104. The quantitative estimate of drug-likeness (QED) is 0.880. The molecular formula is C19H25N3O. The molecule has 0 bridgehead atoms. The fourth-order valence-corrected chi connectivity index (χ4v) is 2.33. The van der Waals surface area contributed by atoms with E-state index in [1.165, 1.54) is 5.56 Å². The number of carbonyl (C=O) groups excluding carboxylic acids is 1. The molecule has 4 nitrogen and oxygen atoms in total. The van der Waals surface area contributed by atoms with Crippen LogP contribution in [0, 0.1) is 6.92 Å². The van der Waals surface area contributed by atoms with Gasteiger partial charge in [0.15, 0.2) is 0 Å². The lowest BCUT2D eigenvalue weighted by Crippen LogP contribution is -2.20. The molecule has 2 rings (SSSR count). The average molecular weight is 311 g/mol. The van der Waals surface area contributed by atoms with Crippen LogP contribution in [0.2, 0.25) is 0 Å². The van der Waals surface area contributed by atoms with Gasteiger partial charge < -0.3 is 5.32 Å². The molecule has 0 radical (unpaired) electrons. The third kappa shape index (κ3) is 4.81. The van der Waals surface area contributed by atoms with Crippen LogP contribution in [0.25, 0.3) is 6.08 Å². The zero-order valence-corrected chi connectivity index (χ0v) is 14.6. The summed E-state index contributed by atoms with van der Waals surface area (Å²) in [7, 11) is 1.87. The van der Waals surface area contributed by atoms with Crippen molar-refractivity contribution in [3.05, 3.63) is 58.9 Å². The van der Waals surface area contributed by atoms with Gasteiger partial charge in [-0.3, -0.25) is 9.48 Å². The summed E-state index contributed by atoms with van der Waals surface area (Å²) in [6.45, 7) is 8.99. The van der Waals surface area contributed by atoms with Gasteiger partial charge in [-0.25, -0.2) is 0 Å². The van der Waals surface area contributed by atoms with Gasteiger partial charge in [-0.1, -0.05) is 45.0 Å². The van der Waals surface area contributed by atoms with Gasteiger partial charge in [0.2, 0.25) is 5.91 Å². The monoisotopic (exact) mass is 311 g/mol. The van der Waals surface area contributed by atoms with Crippen LogP contribution in [0.15, 0.2) is 36.5 Å². The van der Waals surface area contributed by atoms with Crippen LogP contribution >= 0.6 is 0 Å². The lowest BCUT2D eigenvalue weighted by atomic mass is 9.87. The van der Waals surface area contributed by atoms with Gasteiger partial charge in [0.25, 0.3) is 0 Å². The summed E-state index contributed by atoms with van der Waals surface area (Å²) >= 11 is 0. The Bertz CT molecular complexity index is 703. The molecule has 1 aromatic heterocycles. The Morgan fingerprint density at radius 3 is 2.43 bits per heavy atom. The number of carbonyl (C=O) groups is 1. The van der Waals surface area contributed by atoms with E-state index in [0.717, 1.165) is 16.8 Å². The zero-order chi connectivity index (χ0) is 17.0. The molecule has 1 amide bonds. The topological polar surface area (TPSA) is 46.9 Å². The Hall–Kier alpha value is -2.36. The van der Waals surface area contributed by atoms with E-state index in [4.69, 9.17) is 0 Å². The summed E-state index contributed by atoms with van der Waals surface area (Å²) in [6.07, 6.45) is 5.32. The number of aryl methyl sites for hydroxylation is 2. The van der Waals surface area contributed by atoms with Gasteiger partial charge >= 0.3 is 0 Å². The zero-order valence-electron chi connectivity index (χ0n) is 14.6. The first-order valence-corrected chi connectivity index (χ1v) is 7.81. The van der Waals surface area contributed by atoms with E-state index in [1.807, 2.05) is 38.4 Å². The minimum Gasteiger partial charge on any atom is -0.348 e. The van der Waals surface area contributed by atoms with Gasteiger partial charge in [-0.2, -0.15) is 5.10 Å². The van der Waals surface area contributed by atoms with Crippen LogP contribution in [0.5, 0.6) is 0 Å². The summed E-state index contributed by atoms with van der Waals surface area (Å²) in [4.78, 5) is 11.9. The summed E-state index contributed by atoms with van der Waals surface area (Å²) < 4.78 is 1.75. The van der Waals surface area contributed by atoms with E-state index >= 15 is 0 Å². The van der Waals surface area contributed by atoms with Gasteiger partial charge in [0.05, 0.1) is 5.69 Å². The smallest absolute Gasteiger partial charge is 0.244 e. The molecule has 0 spiro atoms. The highest BCUT2D eigenvalue weighted by Crippen LogP contribution is 2.22. The minimum absolute atomic E-state index is 0.104. The molecule has 1 heterocycles. The number of benzene rings is 1. The average Bonchev–Trinajstić information content (AvgIpc) is 2.80. The highest BCUT2D eigenvalue weighted by atomic mass is 16.1. The fourth-order valence-electron chi connectivity index (χ4n) is 2.33. The van der Waals surface area contributed by atoms with Gasteiger partial charge in [-0.15, -0.1) is 0 Å². The number of nitrogens with zero attached hydrogens (tertiary/aromatic N) is 2. The number of hydrogen-bond donors (Lipinski definition) is 1. The highest BCUT2D eigenvalue weighted by molar-refractivity contribution is 5.91. The molecule has 2 aromatic rings. The molecule has 122 valence electrons. The first-order chi connectivity index (χ1) is 10.8. The molecule has 1 N–H and O–H groups in total. The van der Waals surface area contributed by atoms with Gasteiger partial charge in [-0.05, 0) is 29.5 Å². The molecule has 4 heteroatoms. The predicted molar refractivity (Wildman–Crippen MR) is 94.0 cm³/mol. The van der Waals surface area contributed by atoms with Crippen LogP contribution in [0.4, 0.5) is 0 Å². The van der Waals surface area contributed by atoms with Gasteiger partial charge in [0, 0.05) is 31.4 Å². The van der Waals surface area contributed by atoms with Crippen molar-refractivity contribution in [1.82, 2.24) is 15.1 Å². The van der Waals surface area contributed by atoms with Crippen molar-refractivity contribution >= 4 is 12.0 Å². The van der Waals surface area contributed by atoms with Gasteiger partial charge in [0.1, 0.15) is 0 Å². The Morgan fingerprint density at radius 2 is 1.91 bits per heavy atom. The number of aromatic nitrogens is 2. The second kappa shape index (κ2) is 6.82. The molecule has 0 fully saturated rings. The maximum absolute atomic E-state index is 11.9. The van der Waals surface area contributed by atoms with E-state index in [-0.39, 0.29) is 11.3 Å². The van der Waals surface area contributed by atoms with Crippen LogP contribution < -0.4 is 5.32 Å². The van der Waals surface area contributed by atoms with Crippen molar-refractivity contribution in [2.45, 2.75) is 39.7 Å². The van der Waals surface area contributed by atoms with E-state index in [1.54, 1.807) is 10.8 Å². The summed E-state index contributed by atoms with van der Waals surface area (Å²) in [5.41, 5.74) is 4.41. The molecule has 1 aromatic carbocycles. The van der Waals surface area contributed by atoms with Crippen molar-refractivity contribution in [2.75, 3.05) is 0 Å². The molecule has 0 saturated carbocycles. The van der Waals surface area contributed by atoms with Crippen LogP contribution in [-0.2, 0) is 23.8 Å². The number of nitrogens with one attached hydrogen (secondary N) is 1. The molecular weight excluding hydrogens is 286 g/mol. The Morgan fingerprint density at radius 1 is 1.26 bits per heavy atom. The summed E-state index contributed by atoms with van der Waals surface area (Å²) in [6, 6.07) is 8.29. The molecule has 0 aliphatic carbocycles. The van der Waals surface area contributed by atoms with E-state index in [0.29, 0.717) is 6.54 Å². The van der Waals surface area contributed by atoms with E-state index < -0.39 is 0 Å². The second-order valence-electron chi connectivity index (χ2n) is 6.84. The predicted octanol–water partition coefficient (Wildman–Crippen LogP) is 3.36. The Kier molecular flexibility index (Phi) is 5.04. The third-order valence-electron chi connectivity index (χ3n) is 3.77. The molecule has 0 aliphatic rings.